The predicted molar refractivity (Wildman–Crippen MR) is 115 cm³/mol. The van der Waals surface area contributed by atoms with Crippen molar-refractivity contribution >= 4 is 23.0 Å². The number of para-hydroxylation sites is 1. The molecule has 7 nitrogen and oxygen atoms in total. The minimum Gasteiger partial charge on any atom is -0.505 e. The van der Waals surface area contributed by atoms with Gasteiger partial charge in [0.2, 0.25) is 0 Å². The molecule has 1 aliphatic rings. The van der Waals surface area contributed by atoms with Crippen molar-refractivity contribution in [2.75, 3.05) is 24.7 Å². The van der Waals surface area contributed by atoms with E-state index in [4.69, 9.17) is 0 Å². The van der Waals surface area contributed by atoms with E-state index in [0.29, 0.717) is 5.92 Å². The van der Waals surface area contributed by atoms with Crippen molar-refractivity contribution in [2.45, 2.75) is 51.5 Å². The van der Waals surface area contributed by atoms with E-state index < -0.39 is 10.9 Å². The molecule has 0 spiro atoms. The molecule has 156 valence electrons. The van der Waals surface area contributed by atoms with E-state index in [-0.39, 0.29) is 40.3 Å². The van der Waals surface area contributed by atoms with Crippen molar-refractivity contribution in [3.63, 3.8) is 0 Å². The van der Waals surface area contributed by atoms with E-state index in [1.165, 1.54) is 43.1 Å². The number of anilines is 3. The fourth-order valence-electron chi connectivity index (χ4n) is 4.07. The van der Waals surface area contributed by atoms with Gasteiger partial charge in [-0.15, -0.1) is 0 Å². The van der Waals surface area contributed by atoms with E-state index in [0.717, 1.165) is 6.42 Å². The van der Waals surface area contributed by atoms with E-state index >= 15 is 0 Å². The number of amides is 1. The molecule has 0 bridgehead atoms. The smallest absolute Gasteiger partial charge is 0.257 e. The van der Waals surface area contributed by atoms with E-state index in [1.807, 2.05) is 6.92 Å². The van der Waals surface area contributed by atoms with E-state index in [1.54, 1.807) is 26.2 Å². The Labute approximate surface area is 170 Å². The topological polar surface area (TPSA) is 98.7 Å². The van der Waals surface area contributed by atoms with Crippen LogP contribution in [-0.4, -0.2) is 36.1 Å². The fraction of sp³-hybridized carbons (Fsp3) is 0.500. The van der Waals surface area contributed by atoms with Gasteiger partial charge in [-0.1, -0.05) is 38.2 Å². The van der Waals surface area contributed by atoms with Crippen molar-refractivity contribution < 1.29 is 9.90 Å². The molecule has 2 aromatic carbocycles. The first-order valence-electron chi connectivity index (χ1n) is 10.2. The van der Waals surface area contributed by atoms with Crippen molar-refractivity contribution in [3.05, 3.63) is 44.2 Å². The third-order valence-electron chi connectivity index (χ3n) is 5.65. The summed E-state index contributed by atoms with van der Waals surface area (Å²) in [6, 6.07) is 4.75. The highest BCUT2D eigenvalue weighted by molar-refractivity contribution is 5.99. The summed E-state index contributed by atoms with van der Waals surface area (Å²) < 4.78 is 0. The van der Waals surface area contributed by atoms with Crippen molar-refractivity contribution in [1.82, 2.24) is 4.90 Å². The Balaban J connectivity index is 1.75. The second kappa shape index (κ2) is 8.68. The molecule has 0 aromatic heterocycles. The van der Waals surface area contributed by atoms with Crippen LogP contribution in [0.4, 0.5) is 17.1 Å². The molecule has 0 aliphatic heterocycles. The molecule has 3 rings (SSSR count). The van der Waals surface area contributed by atoms with E-state index in [2.05, 4.69) is 10.6 Å². The summed E-state index contributed by atoms with van der Waals surface area (Å²) in [5.41, 5.74) is -0.451. The largest absolute Gasteiger partial charge is 0.505 e. The standard InChI is InChI=1S/C22H29N3O4/c1-13(12-14-8-5-4-6-9-14)23-17-18(21(28)20(17)27)24-16-11-7-10-15(19(16)26)22(29)25(2)3/h7,10-11,13-14,23-24,26H,4-6,8-9,12H2,1-3H3/t13-/m1/s1. The highest BCUT2D eigenvalue weighted by atomic mass is 16.3. The zero-order valence-corrected chi connectivity index (χ0v) is 17.2. The summed E-state index contributed by atoms with van der Waals surface area (Å²) in [4.78, 5) is 37.8. The van der Waals surface area contributed by atoms with Crippen LogP contribution in [0.3, 0.4) is 0 Å². The highest BCUT2D eigenvalue weighted by Gasteiger charge is 2.25. The average molecular weight is 399 g/mol. The lowest BCUT2D eigenvalue weighted by molar-refractivity contribution is 0.0824. The lowest BCUT2D eigenvalue weighted by atomic mass is 9.85. The molecular weight excluding hydrogens is 370 g/mol. The zero-order chi connectivity index (χ0) is 21.1. The summed E-state index contributed by atoms with van der Waals surface area (Å²) in [6.07, 6.45) is 7.18. The maximum Gasteiger partial charge on any atom is 0.257 e. The molecule has 1 saturated carbocycles. The third-order valence-corrected chi connectivity index (χ3v) is 5.65. The summed E-state index contributed by atoms with van der Waals surface area (Å²) >= 11 is 0. The van der Waals surface area contributed by atoms with Crippen LogP contribution in [0.25, 0.3) is 0 Å². The molecular formula is C22H29N3O4. The minimum absolute atomic E-state index is 0.0669. The third kappa shape index (κ3) is 4.44. The number of nitrogens with zero attached hydrogens (tertiary/aromatic N) is 1. The molecule has 1 aliphatic carbocycles. The second-order valence-electron chi connectivity index (χ2n) is 8.22. The van der Waals surface area contributed by atoms with Gasteiger partial charge in [-0.25, -0.2) is 0 Å². The zero-order valence-electron chi connectivity index (χ0n) is 17.2. The van der Waals surface area contributed by atoms with E-state index in [9.17, 15) is 19.5 Å². The normalized spacial score (nSPS) is 15.8. The molecule has 1 amide bonds. The second-order valence-corrected chi connectivity index (χ2v) is 8.22. The van der Waals surface area contributed by atoms with Gasteiger partial charge in [0.25, 0.3) is 16.8 Å². The van der Waals surface area contributed by atoms with Gasteiger partial charge in [-0.3, -0.25) is 14.4 Å². The Kier molecular flexibility index (Phi) is 6.25. The highest BCUT2D eigenvalue weighted by Crippen LogP contribution is 2.33. The minimum atomic E-state index is -0.624. The van der Waals surface area contributed by atoms with Crippen LogP contribution in [-0.2, 0) is 0 Å². The molecule has 0 saturated heterocycles. The summed E-state index contributed by atoms with van der Waals surface area (Å²) in [7, 11) is 3.18. The molecule has 7 heteroatoms. The van der Waals surface area contributed by atoms with Gasteiger partial charge in [0.15, 0.2) is 5.75 Å². The molecule has 1 fully saturated rings. The molecule has 3 N–H and O–H groups in total. The van der Waals surface area contributed by atoms with Crippen LogP contribution in [0, 0.1) is 5.92 Å². The first-order valence-corrected chi connectivity index (χ1v) is 10.2. The van der Waals surface area contributed by atoms with Gasteiger partial charge in [0.05, 0.1) is 11.3 Å². The summed E-state index contributed by atoms with van der Waals surface area (Å²) in [5, 5.41) is 16.5. The number of hydrogen-bond acceptors (Lipinski definition) is 6. The van der Waals surface area contributed by atoms with Gasteiger partial charge in [0, 0.05) is 20.1 Å². The number of rotatable bonds is 7. The lowest BCUT2D eigenvalue weighted by Crippen LogP contribution is -2.39. The number of hydrogen-bond donors (Lipinski definition) is 3. The maximum absolute atomic E-state index is 12.2. The van der Waals surface area contributed by atoms with Crippen LogP contribution in [0.5, 0.6) is 5.75 Å². The van der Waals surface area contributed by atoms with Crippen molar-refractivity contribution in [3.8, 4) is 5.75 Å². The number of phenols is 1. The van der Waals surface area contributed by atoms with Crippen molar-refractivity contribution in [1.29, 1.82) is 0 Å². The molecule has 0 unspecified atom stereocenters. The van der Waals surface area contributed by atoms with Crippen LogP contribution in [0.15, 0.2) is 27.8 Å². The summed E-state index contributed by atoms with van der Waals surface area (Å²) in [6.45, 7) is 2.02. The predicted octanol–water partition coefficient (Wildman–Crippen LogP) is 3.20. The molecule has 2 aromatic rings. The van der Waals surface area contributed by atoms with Crippen LogP contribution < -0.4 is 21.5 Å². The van der Waals surface area contributed by atoms with Crippen LogP contribution in [0.2, 0.25) is 0 Å². The number of carbonyl (C=O) groups excluding carboxylic acids is 1. The molecule has 1 atom stereocenters. The number of phenolic OH excluding ortho intramolecular Hbond substituents is 1. The quantitative estimate of drug-likeness (QED) is 0.488. The monoisotopic (exact) mass is 399 g/mol. The Morgan fingerprint density at radius 1 is 1.14 bits per heavy atom. The first kappa shape index (κ1) is 20.9. The fourth-order valence-corrected chi connectivity index (χ4v) is 4.07. The number of nitrogens with one attached hydrogen (secondary N) is 2. The Bertz CT molecular complexity index is 954. The number of carbonyl (C=O) groups is 1. The van der Waals surface area contributed by atoms with Crippen LogP contribution >= 0.6 is 0 Å². The van der Waals surface area contributed by atoms with Crippen molar-refractivity contribution in [2.24, 2.45) is 5.92 Å². The van der Waals surface area contributed by atoms with Gasteiger partial charge in [0.1, 0.15) is 11.4 Å². The Hall–Kier alpha value is -2.83. The first-order chi connectivity index (χ1) is 13.8. The average Bonchev–Trinajstić information content (AvgIpc) is 2.71. The SMILES string of the molecule is C[C@H](CC1CCCCC1)Nc1c(Nc2cccc(C(=O)N(C)C)c2O)c(=O)c1=O. The summed E-state index contributed by atoms with van der Waals surface area (Å²) in [5.74, 6) is 0.0444. The van der Waals surface area contributed by atoms with Gasteiger partial charge in [-0.2, -0.15) is 0 Å². The van der Waals surface area contributed by atoms with Gasteiger partial charge < -0.3 is 20.6 Å². The molecule has 29 heavy (non-hydrogen) atoms. The molecule has 0 heterocycles. The number of benzene rings is 1. The maximum atomic E-state index is 12.2. The molecule has 0 radical (unpaired) electrons. The Morgan fingerprint density at radius 3 is 2.45 bits per heavy atom. The van der Waals surface area contributed by atoms with Crippen LogP contribution in [0.1, 0.15) is 55.8 Å². The van der Waals surface area contributed by atoms with Gasteiger partial charge in [-0.05, 0) is 31.4 Å². The number of aromatic hydroxyl groups is 1. The Morgan fingerprint density at radius 2 is 1.79 bits per heavy atom. The van der Waals surface area contributed by atoms with Gasteiger partial charge >= 0.3 is 0 Å². The lowest BCUT2D eigenvalue weighted by Gasteiger charge is -2.26.